The van der Waals surface area contributed by atoms with Gasteiger partial charge in [-0.25, -0.2) is 4.98 Å². The van der Waals surface area contributed by atoms with E-state index in [1.165, 1.54) is 6.33 Å². The molecule has 0 aromatic carbocycles. The van der Waals surface area contributed by atoms with E-state index in [9.17, 15) is 9.59 Å². The normalized spacial score (nSPS) is 11.1. The minimum absolute atomic E-state index is 0.0634. The van der Waals surface area contributed by atoms with Gasteiger partial charge in [-0.15, -0.1) is 0 Å². The molecule has 15 heavy (non-hydrogen) atoms. The molecule has 1 heterocycles. The summed E-state index contributed by atoms with van der Waals surface area (Å²) in [5, 5.41) is 17.1. The van der Waals surface area contributed by atoms with Gasteiger partial charge in [0.1, 0.15) is 6.33 Å². The van der Waals surface area contributed by atoms with Crippen molar-refractivity contribution in [2.45, 2.75) is 25.8 Å². The largest absolute Gasteiger partial charge is 0.481 e. The lowest BCUT2D eigenvalue weighted by molar-refractivity contribution is -0.138. The van der Waals surface area contributed by atoms with E-state index in [2.05, 4.69) is 20.5 Å². The summed E-state index contributed by atoms with van der Waals surface area (Å²) in [5.41, 5.74) is -0.824. The molecule has 7 heteroatoms. The molecule has 0 spiro atoms. The van der Waals surface area contributed by atoms with Crippen LogP contribution < -0.4 is 5.32 Å². The first kappa shape index (κ1) is 11.2. The summed E-state index contributed by atoms with van der Waals surface area (Å²) in [6.45, 7) is 3.24. The second-order valence-electron chi connectivity index (χ2n) is 3.74. The van der Waals surface area contributed by atoms with E-state index in [-0.39, 0.29) is 12.2 Å². The molecule has 1 aromatic rings. The summed E-state index contributed by atoms with van der Waals surface area (Å²) in [7, 11) is 0. The van der Waals surface area contributed by atoms with E-state index in [1.807, 2.05) is 0 Å². The molecule has 0 unspecified atom stereocenters. The molecular weight excluding hydrogens is 200 g/mol. The Balaban J connectivity index is 2.61. The van der Waals surface area contributed by atoms with Gasteiger partial charge >= 0.3 is 5.97 Å². The fraction of sp³-hybridized carbons (Fsp3) is 0.500. The van der Waals surface area contributed by atoms with Crippen LogP contribution in [0.1, 0.15) is 30.9 Å². The number of nitrogens with one attached hydrogen (secondary N) is 2. The van der Waals surface area contributed by atoms with Gasteiger partial charge in [0.15, 0.2) is 0 Å². The van der Waals surface area contributed by atoms with E-state index in [4.69, 9.17) is 5.11 Å². The molecule has 0 saturated heterocycles. The molecule has 0 aliphatic heterocycles. The highest BCUT2D eigenvalue weighted by atomic mass is 16.4. The molecule has 0 radical (unpaired) electrons. The molecule has 0 aliphatic rings. The number of carbonyl (C=O) groups is 2. The van der Waals surface area contributed by atoms with Crippen molar-refractivity contribution in [3.05, 3.63) is 12.2 Å². The summed E-state index contributed by atoms with van der Waals surface area (Å²) < 4.78 is 0. The van der Waals surface area contributed by atoms with E-state index in [0.29, 0.717) is 0 Å². The number of aromatic nitrogens is 3. The highest BCUT2D eigenvalue weighted by Gasteiger charge is 2.25. The second-order valence-corrected chi connectivity index (χ2v) is 3.74. The number of carboxylic acids is 1. The average Bonchev–Trinajstić information content (AvgIpc) is 2.50. The van der Waals surface area contributed by atoms with Crippen LogP contribution in [0.25, 0.3) is 0 Å². The van der Waals surface area contributed by atoms with Crippen molar-refractivity contribution < 1.29 is 14.7 Å². The number of hydrogen-bond donors (Lipinski definition) is 3. The highest BCUT2D eigenvalue weighted by Crippen LogP contribution is 2.08. The zero-order valence-corrected chi connectivity index (χ0v) is 8.44. The predicted molar refractivity (Wildman–Crippen MR) is 50.2 cm³/mol. The van der Waals surface area contributed by atoms with Crippen LogP contribution in [0, 0.1) is 0 Å². The van der Waals surface area contributed by atoms with E-state index >= 15 is 0 Å². The molecule has 1 rings (SSSR count). The van der Waals surface area contributed by atoms with E-state index in [0.717, 1.165) is 0 Å². The van der Waals surface area contributed by atoms with Crippen molar-refractivity contribution in [3.8, 4) is 0 Å². The lowest BCUT2D eigenvalue weighted by Gasteiger charge is -2.23. The maximum atomic E-state index is 11.5. The van der Waals surface area contributed by atoms with Crippen molar-refractivity contribution in [2.24, 2.45) is 0 Å². The van der Waals surface area contributed by atoms with Crippen LogP contribution in [0.2, 0.25) is 0 Å². The molecule has 0 bridgehead atoms. The Hall–Kier alpha value is -1.92. The van der Waals surface area contributed by atoms with Crippen LogP contribution in [0.15, 0.2) is 6.33 Å². The third-order valence-corrected chi connectivity index (χ3v) is 1.68. The lowest BCUT2D eigenvalue weighted by Crippen LogP contribution is -2.45. The molecule has 0 saturated carbocycles. The molecule has 0 fully saturated rings. The van der Waals surface area contributed by atoms with Crippen molar-refractivity contribution in [1.29, 1.82) is 0 Å². The molecular formula is C8H12N4O3. The number of aliphatic carboxylic acids is 1. The smallest absolute Gasteiger partial charge is 0.305 e. The third kappa shape index (κ3) is 3.37. The van der Waals surface area contributed by atoms with Crippen LogP contribution in [-0.2, 0) is 4.79 Å². The van der Waals surface area contributed by atoms with Crippen molar-refractivity contribution >= 4 is 11.9 Å². The van der Waals surface area contributed by atoms with Gasteiger partial charge in [-0.1, -0.05) is 0 Å². The molecule has 7 nitrogen and oxygen atoms in total. The van der Waals surface area contributed by atoms with Crippen LogP contribution in [0.4, 0.5) is 0 Å². The van der Waals surface area contributed by atoms with Crippen LogP contribution in [0.3, 0.4) is 0 Å². The molecule has 82 valence electrons. The topological polar surface area (TPSA) is 108 Å². The lowest BCUT2D eigenvalue weighted by atomic mass is 10.0. The number of carboxylic acid groups (broad SMARTS) is 1. The first-order valence-electron chi connectivity index (χ1n) is 4.30. The molecule has 3 N–H and O–H groups in total. The minimum Gasteiger partial charge on any atom is -0.481 e. The number of rotatable bonds is 4. The first-order chi connectivity index (χ1) is 6.91. The van der Waals surface area contributed by atoms with Crippen molar-refractivity contribution in [3.63, 3.8) is 0 Å². The summed E-state index contributed by atoms with van der Waals surface area (Å²) >= 11 is 0. The summed E-state index contributed by atoms with van der Waals surface area (Å²) in [6, 6.07) is 0. The second kappa shape index (κ2) is 4.07. The van der Waals surface area contributed by atoms with E-state index in [1.54, 1.807) is 13.8 Å². The number of aromatic amines is 1. The third-order valence-electron chi connectivity index (χ3n) is 1.68. The Morgan fingerprint density at radius 2 is 2.27 bits per heavy atom. The van der Waals surface area contributed by atoms with Gasteiger partial charge in [0.25, 0.3) is 5.91 Å². The van der Waals surface area contributed by atoms with Gasteiger partial charge in [0, 0.05) is 5.54 Å². The van der Waals surface area contributed by atoms with E-state index < -0.39 is 17.4 Å². The number of hydrogen-bond acceptors (Lipinski definition) is 4. The van der Waals surface area contributed by atoms with Crippen molar-refractivity contribution in [2.75, 3.05) is 0 Å². The fourth-order valence-corrected chi connectivity index (χ4v) is 1.10. The summed E-state index contributed by atoms with van der Waals surface area (Å²) in [4.78, 5) is 25.6. The SMILES string of the molecule is CC(C)(CC(=O)O)NC(=O)c1ncn[nH]1. The van der Waals surface area contributed by atoms with Crippen LogP contribution in [-0.4, -0.2) is 37.7 Å². The molecule has 0 aliphatic carbocycles. The zero-order chi connectivity index (χ0) is 11.5. The quantitative estimate of drug-likeness (QED) is 0.639. The van der Waals surface area contributed by atoms with Gasteiger partial charge < -0.3 is 10.4 Å². The summed E-state index contributed by atoms with van der Waals surface area (Å²) in [6.07, 6.45) is 1.05. The summed E-state index contributed by atoms with van der Waals surface area (Å²) in [5.74, 6) is -1.38. The maximum Gasteiger partial charge on any atom is 0.305 e. The van der Waals surface area contributed by atoms with Crippen molar-refractivity contribution in [1.82, 2.24) is 20.5 Å². The zero-order valence-electron chi connectivity index (χ0n) is 8.44. The van der Waals surface area contributed by atoms with Gasteiger partial charge in [-0.2, -0.15) is 5.10 Å². The van der Waals surface area contributed by atoms with Gasteiger partial charge in [-0.3, -0.25) is 14.7 Å². The number of H-pyrrole nitrogens is 1. The molecule has 1 amide bonds. The highest BCUT2D eigenvalue weighted by molar-refractivity contribution is 5.91. The monoisotopic (exact) mass is 212 g/mol. The standard InChI is InChI=1S/C8H12N4O3/c1-8(2,3-5(13)14)11-7(15)6-9-4-10-12-6/h4H,3H2,1-2H3,(H,11,15)(H,13,14)(H,9,10,12). The van der Waals surface area contributed by atoms with Gasteiger partial charge in [0.05, 0.1) is 6.42 Å². The Bertz CT molecular complexity index is 358. The minimum atomic E-state index is -0.974. The predicted octanol–water partition coefficient (Wildman–Crippen LogP) is -0.212. The number of nitrogens with zero attached hydrogens (tertiary/aromatic N) is 2. The fourth-order valence-electron chi connectivity index (χ4n) is 1.10. The Kier molecular flexibility index (Phi) is 3.03. The number of amides is 1. The Morgan fingerprint density at radius 1 is 1.60 bits per heavy atom. The molecule has 0 atom stereocenters. The number of carbonyl (C=O) groups excluding carboxylic acids is 1. The van der Waals surface area contributed by atoms with Gasteiger partial charge in [-0.05, 0) is 13.8 Å². The Morgan fingerprint density at radius 3 is 2.73 bits per heavy atom. The first-order valence-corrected chi connectivity index (χ1v) is 4.30. The average molecular weight is 212 g/mol. The van der Waals surface area contributed by atoms with Gasteiger partial charge in [0.2, 0.25) is 5.82 Å². The van der Waals surface area contributed by atoms with Crippen LogP contribution in [0.5, 0.6) is 0 Å². The maximum absolute atomic E-state index is 11.5. The Labute approximate surface area is 85.9 Å². The van der Waals surface area contributed by atoms with Crippen LogP contribution >= 0.6 is 0 Å². The molecule has 1 aromatic heterocycles.